The van der Waals surface area contributed by atoms with Gasteiger partial charge in [-0.05, 0) is 38.5 Å². The molecule has 1 fully saturated rings. The van der Waals surface area contributed by atoms with Gasteiger partial charge in [0.25, 0.3) is 0 Å². The Hall–Kier alpha value is -1.10. The van der Waals surface area contributed by atoms with Gasteiger partial charge in [0.1, 0.15) is 5.92 Å². The van der Waals surface area contributed by atoms with Crippen LogP contribution in [-0.4, -0.2) is 24.1 Å². The molecule has 0 radical (unpaired) electrons. The SMILES string of the molecule is CCOC(=O)C1CCc2sc(NCC3CCCC3)nc21. The van der Waals surface area contributed by atoms with Crippen LogP contribution in [0.2, 0.25) is 0 Å². The zero-order valence-corrected chi connectivity index (χ0v) is 12.8. The molecular weight excluding hydrogens is 272 g/mol. The molecule has 0 amide bonds. The van der Waals surface area contributed by atoms with Gasteiger partial charge in [0.2, 0.25) is 0 Å². The van der Waals surface area contributed by atoms with Crippen molar-refractivity contribution in [3.8, 4) is 0 Å². The summed E-state index contributed by atoms with van der Waals surface area (Å²) in [5, 5.41) is 4.45. The Bertz CT molecular complexity index is 480. The number of hydrogen-bond acceptors (Lipinski definition) is 5. The third-order valence-corrected chi connectivity index (χ3v) is 5.39. The van der Waals surface area contributed by atoms with Crippen molar-refractivity contribution in [2.24, 2.45) is 5.92 Å². The summed E-state index contributed by atoms with van der Waals surface area (Å²) in [5.74, 6) is 0.553. The summed E-state index contributed by atoms with van der Waals surface area (Å²) < 4.78 is 5.14. The summed E-state index contributed by atoms with van der Waals surface area (Å²) in [6, 6.07) is 0. The van der Waals surface area contributed by atoms with E-state index in [2.05, 4.69) is 10.3 Å². The van der Waals surface area contributed by atoms with Crippen molar-refractivity contribution < 1.29 is 9.53 Å². The lowest BCUT2D eigenvalue weighted by atomic mass is 10.1. The number of carbonyl (C=O) groups is 1. The molecule has 0 saturated heterocycles. The van der Waals surface area contributed by atoms with Crippen LogP contribution in [0.25, 0.3) is 0 Å². The lowest BCUT2D eigenvalue weighted by molar-refractivity contribution is -0.145. The molecule has 2 aliphatic rings. The summed E-state index contributed by atoms with van der Waals surface area (Å²) >= 11 is 1.71. The molecule has 1 aromatic heterocycles. The number of ether oxygens (including phenoxy) is 1. The van der Waals surface area contributed by atoms with Crippen LogP contribution in [0.3, 0.4) is 0 Å². The molecule has 1 heterocycles. The predicted octanol–water partition coefficient (Wildman–Crippen LogP) is 3.34. The highest BCUT2D eigenvalue weighted by atomic mass is 32.1. The lowest BCUT2D eigenvalue weighted by Crippen LogP contribution is -2.14. The summed E-state index contributed by atoms with van der Waals surface area (Å²) in [5.41, 5.74) is 0.961. The third kappa shape index (κ3) is 2.82. The number of fused-ring (bicyclic) bond motifs is 1. The van der Waals surface area contributed by atoms with Gasteiger partial charge in [-0.25, -0.2) is 4.98 Å². The van der Waals surface area contributed by atoms with E-state index >= 15 is 0 Å². The average molecular weight is 294 g/mol. The fourth-order valence-corrected chi connectivity index (χ4v) is 4.27. The lowest BCUT2D eigenvalue weighted by Gasteiger charge is -2.10. The molecule has 0 bridgehead atoms. The fourth-order valence-electron chi connectivity index (χ4n) is 3.22. The van der Waals surface area contributed by atoms with E-state index in [-0.39, 0.29) is 11.9 Å². The van der Waals surface area contributed by atoms with Gasteiger partial charge in [-0.3, -0.25) is 4.79 Å². The molecule has 1 N–H and O–H groups in total. The maximum Gasteiger partial charge on any atom is 0.315 e. The maximum absolute atomic E-state index is 11.9. The number of carbonyl (C=O) groups excluding carboxylic acids is 1. The van der Waals surface area contributed by atoms with Crippen LogP contribution < -0.4 is 5.32 Å². The summed E-state index contributed by atoms with van der Waals surface area (Å²) in [4.78, 5) is 17.8. The van der Waals surface area contributed by atoms with Crippen LogP contribution in [0.5, 0.6) is 0 Å². The Kier molecular flexibility index (Phi) is 4.24. The van der Waals surface area contributed by atoms with E-state index in [0.29, 0.717) is 6.61 Å². The van der Waals surface area contributed by atoms with Crippen LogP contribution in [0, 0.1) is 5.92 Å². The quantitative estimate of drug-likeness (QED) is 0.846. The number of nitrogens with zero attached hydrogens (tertiary/aromatic N) is 1. The molecular formula is C15H22N2O2S. The van der Waals surface area contributed by atoms with E-state index in [1.54, 1.807) is 11.3 Å². The first-order chi connectivity index (χ1) is 9.78. The largest absolute Gasteiger partial charge is 0.465 e. The van der Waals surface area contributed by atoms with Gasteiger partial charge >= 0.3 is 5.97 Å². The molecule has 0 spiro atoms. The highest BCUT2D eigenvalue weighted by Gasteiger charge is 2.33. The van der Waals surface area contributed by atoms with E-state index in [0.717, 1.165) is 36.1 Å². The first kappa shape index (κ1) is 13.9. The summed E-state index contributed by atoms with van der Waals surface area (Å²) in [7, 11) is 0. The van der Waals surface area contributed by atoms with Crippen molar-refractivity contribution in [3.63, 3.8) is 0 Å². The minimum Gasteiger partial charge on any atom is -0.465 e. The highest BCUT2D eigenvalue weighted by molar-refractivity contribution is 7.15. The first-order valence-electron chi connectivity index (χ1n) is 7.68. The van der Waals surface area contributed by atoms with E-state index in [9.17, 15) is 4.79 Å². The molecule has 20 heavy (non-hydrogen) atoms. The zero-order valence-electron chi connectivity index (χ0n) is 12.0. The standard InChI is InChI=1S/C15H22N2O2S/c1-2-19-14(18)11-7-8-12-13(11)17-15(20-12)16-9-10-5-3-4-6-10/h10-11H,2-9H2,1H3,(H,16,17). The number of nitrogens with one attached hydrogen (secondary N) is 1. The smallest absolute Gasteiger partial charge is 0.315 e. The molecule has 0 aromatic carbocycles. The Morgan fingerprint density at radius 3 is 2.95 bits per heavy atom. The molecule has 1 saturated carbocycles. The van der Waals surface area contributed by atoms with Crippen LogP contribution in [0.4, 0.5) is 5.13 Å². The minimum atomic E-state index is -0.136. The normalized spacial score (nSPS) is 21.9. The Labute approximate surface area is 123 Å². The number of rotatable bonds is 5. The summed E-state index contributed by atoms with van der Waals surface area (Å²) in [6.45, 7) is 3.32. The van der Waals surface area contributed by atoms with Gasteiger partial charge in [-0.2, -0.15) is 0 Å². The monoisotopic (exact) mass is 294 g/mol. The van der Waals surface area contributed by atoms with Crippen LogP contribution in [-0.2, 0) is 16.0 Å². The van der Waals surface area contributed by atoms with Crippen LogP contribution >= 0.6 is 11.3 Å². The predicted molar refractivity (Wildman–Crippen MR) is 80.3 cm³/mol. The highest BCUT2D eigenvalue weighted by Crippen LogP contribution is 2.39. The Balaban J connectivity index is 1.62. The molecule has 5 heteroatoms. The Morgan fingerprint density at radius 2 is 2.20 bits per heavy atom. The third-order valence-electron chi connectivity index (χ3n) is 4.31. The number of thiazole rings is 1. The second-order valence-corrected chi connectivity index (χ2v) is 6.79. The van der Waals surface area contributed by atoms with Crippen molar-refractivity contribution in [2.75, 3.05) is 18.5 Å². The number of esters is 1. The number of hydrogen-bond donors (Lipinski definition) is 1. The number of aryl methyl sites for hydroxylation is 1. The van der Waals surface area contributed by atoms with E-state index in [1.807, 2.05) is 6.92 Å². The summed E-state index contributed by atoms with van der Waals surface area (Å²) in [6.07, 6.45) is 7.22. The second kappa shape index (κ2) is 6.12. The van der Waals surface area contributed by atoms with Gasteiger partial charge in [-0.1, -0.05) is 12.8 Å². The maximum atomic E-state index is 11.9. The van der Waals surface area contributed by atoms with Gasteiger partial charge in [0, 0.05) is 11.4 Å². The molecule has 2 aliphatic carbocycles. The van der Waals surface area contributed by atoms with Crippen molar-refractivity contribution in [3.05, 3.63) is 10.6 Å². The van der Waals surface area contributed by atoms with Crippen molar-refractivity contribution in [1.82, 2.24) is 4.98 Å². The van der Waals surface area contributed by atoms with Crippen molar-refractivity contribution in [2.45, 2.75) is 51.4 Å². The van der Waals surface area contributed by atoms with E-state index < -0.39 is 0 Å². The van der Waals surface area contributed by atoms with Gasteiger partial charge in [0.05, 0.1) is 12.3 Å². The van der Waals surface area contributed by atoms with E-state index in [4.69, 9.17) is 4.74 Å². The van der Waals surface area contributed by atoms with Crippen molar-refractivity contribution >= 4 is 22.4 Å². The molecule has 1 aromatic rings. The molecule has 1 atom stereocenters. The molecule has 4 nitrogen and oxygen atoms in total. The molecule has 3 rings (SSSR count). The minimum absolute atomic E-state index is 0.112. The molecule has 1 unspecified atom stereocenters. The average Bonchev–Trinajstić information content (AvgIpc) is 3.13. The van der Waals surface area contributed by atoms with E-state index in [1.165, 1.54) is 30.6 Å². The second-order valence-electron chi connectivity index (χ2n) is 5.70. The number of anilines is 1. The van der Waals surface area contributed by atoms with Gasteiger partial charge in [0.15, 0.2) is 5.13 Å². The van der Waals surface area contributed by atoms with Crippen molar-refractivity contribution in [1.29, 1.82) is 0 Å². The first-order valence-corrected chi connectivity index (χ1v) is 8.49. The molecule has 0 aliphatic heterocycles. The van der Waals surface area contributed by atoms with Crippen LogP contribution in [0.1, 0.15) is 55.5 Å². The zero-order chi connectivity index (χ0) is 13.9. The Morgan fingerprint density at radius 1 is 1.40 bits per heavy atom. The van der Waals surface area contributed by atoms with Crippen LogP contribution in [0.15, 0.2) is 0 Å². The molecule has 110 valence electrons. The number of aromatic nitrogens is 1. The van der Waals surface area contributed by atoms with Gasteiger partial charge < -0.3 is 10.1 Å². The topological polar surface area (TPSA) is 51.2 Å². The van der Waals surface area contributed by atoms with Gasteiger partial charge in [-0.15, -0.1) is 11.3 Å². The fraction of sp³-hybridized carbons (Fsp3) is 0.733.